The lowest BCUT2D eigenvalue weighted by Gasteiger charge is -2.29. The van der Waals surface area contributed by atoms with Crippen LogP contribution in [0.3, 0.4) is 0 Å². The minimum absolute atomic E-state index is 0.00345. The number of aliphatic carboxylic acids is 1. The number of carboxylic acids is 1. The predicted octanol–water partition coefficient (Wildman–Crippen LogP) is -1.64. The number of primary amides is 2. The fraction of sp³-hybridized carbons (Fsp3) is 0.373. The molecule has 15 amide bonds. The number of hydrogen-bond donors (Lipinski definition) is 24. The van der Waals surface area contributed by atoms with Crippen LogP contribution in [0, 0.1) is 11.3 Å². The molecule has 6 heterocycles. The summed E-state index contributed by atoms with van der Waals surface area (Å²) in [5.41, 5.74) is 22.1. The highest BCUT2D eigenvalue weighted by atomic mass is 33.1. The smallest absolute Gasteiger partial charge is 0.305 e. The van der Waals surface area contributed by atoms with Gasteiger partial charge in [-0.2, -0.15) is 0 Å². The molecule has 1 saturated heterocycles. The first kappa shape index (κ1) is 94.0. The minimum atomic E-state index is -2.07. The molecule has 4 aromatic carbocycles. The monoisotopic (exact) mass is 1770 g/mol. The highest BCUT2D eigenvalue weighted by Gasteiger charge is 2.39. The second-order valence-corrected chi connectivity index (χ2v) is 33.2. The molecule has 10 rings (SSSR count). The number of fused-ring (bicyclic) bond motifs is 4. The molecule has 1 aliphatic heterocycles. The molecule has 0 spiro atoms. The fourth-order valence-corrected chi connectivity index (χ4v) is 16.6. The number of carboxylic acid groups (broad SMARTS) is 1. The zero-order chi connectivity index (χ0) is 90.8. The molecular formula is C83H102N24O17S2. The first-order chi connectivity index (χ1) is 60.2. The van der Waals surface area contributed by atoms with Crippen LogP contribution in [0.4, 0.5) is 0 Å². The standard InChI is InChI=1S/C83H102N24O17S2/c1-41(2)70-82(124)104-62(29-47-35-93-56-21-12-8-17-52(47)56)77(119)99-58(23-24-67(84)109)75(117)103-64(31-69(111)112)79(121)102-60(27-45-33-91-54-19-10-6-15-50(45)54)73(115)94-37-68(110)96-42(3)72(114)101-63(30-48-36-88-40-95-48)78(120)98-57(22-13-25-89-83(86)87)74(116)105-65(80(122)100-59(71(85)113)26-44-32-90-53-18-9-5-14-49(44)53)38-125-126-39-66(81(123)107-70)106-76(118)61(97-43(4)108)28-46-34-92-55-20-11-7-16-51(46)55/h5-12,14-21,32-36,40-42,57-66,70,90-93H,13,22-31,37-39H2,1-4H3,(H2,84,109)(H2,85,113)(H,88,95)(H,94,115)(H,96,110)(H,97,108)(H,98,120)(H,99,119)(H,100,122)(H,101,114)(H,102,121)(H,103,117)(H,104,124)(H,105,116)(H,106,118)(H,107,123)(H,111,112)(H4,86,87,89)/t42-,57-,58-,59-,60-,61-,62-,63-,64-,65-,66-,70-/m0/s1. The number of nitrogens with zero attached hydrogens (tertiary/aromatic N) is 1. The topological polar surface area (TPSA) is 656 Å². The minimum Gasteiger partial charge on any atom is -0.481 e. The van der Waals surface area contributed by atoms with Gasteiger partial charge in [-0.05, 0) is 78.6 Å². The molecular weight excluding hydrogens is 1670 g/mol. The van der Waals surface area contributed by atoms with Crippen LogP contribution in [-0.2, 0) is 109 Å². The normalized spacial score (nSPS) is 21.1. The van der Waals surface area contributed by atoms with Crippen molar-refractivity contribution in [3.8, 4) is 0 Å². The SMILES string of the molecule is CC(=O)N[C@@H](Cc1c[nH]c2ccccc12)C(=O)N[C@H]1CSSC[C@@H](C(=O)N[C@@H](Cc2c[nH]c3ccccc23)C(N)=O)NC(=O)[C@H](CCCNC(=N)N)NC(=O)[C@H](Cc2c[nH]cn2)NC(=O)[C@H](C)NC(=O)CNC(=O)[C@H](Cc2c[nH]c3ccccc23)NC(=O)[C@H](CC(=O)O)NC(=O)[C@H](CCC(N)=O)NC(=O)[C@H](Cc2c[nH]c3ccccc23)NC(=O)[C@H](C(C)C)NC1=O. The van der Waals surface area contributed by atoms with E-state index < -0.39 is 216 Å². The van der Waals surface area contributed by atoms with E-state index in [9.17, 15) is 57.8 Å². The lowest BCUT2D eigenvalue weighted by molar-refractivity contribution is -0.141. The van der Waals surface area contributed by atoms with Crippen LogP contribution < -0.4 is 91.6 Å². The molecule has 1 fully saturated rings. The molecule has 27 N–H and O–H groups in total. The van der Waals surface area contributed by atoms with Crippen LogP contribution in [0.15, 0.2) is 134 Å². The maximum absolute atomic E-state index is 15.4. The summed E-state index contributed by atoms with van der Waals surface area (Å²) in [7, 11) is 1.72. The van der Waals surface area contributed by atoms with Crippen molar-refractivity contribution in [2.24, 2.45) is 23.1 Å². The van der Waals surface area contributed by atoms with Gasteiger partial charge in [-0.15, -0.1) is 0 Å². The van der Waals surface area contributed by atoms with Gasteiger partial charge < -0.3 is 122 Å². The fourth-order valence-electron chi connectivity index (χ4n) is 14.2. The van der Waals surface area contributed by atoms with Gasteiger partial charge in [0.2, 0.25) is 88.6 Å². The molecule has 0 unspecified atom stereocenters. The average Bonchev–Trinajstić information content (AvgIpc) is 1.68. The van der Waals surface area contributed by atoms with E-state index in [-0.39, 0.29) is 57.2 Å². The summed E-state index contributed by atoms with van der Waals surface area (Å²) < 4.78 is 0. The Kier molecular flexibility index (Phi) is 33.3. The van der Waals surface area contributed by atoms with Crippen molar-refractivity contribution in [1.82, 2.24) is 104 Å². The Morgan fingerprint density at radius 1 is 0.524 bits per heavy atom. The van der Waals surface area contributed by atoms with Crippen molar-refractivity contribution in [1.29, 1.82) is 5.41 Å². The van der Waals surface area contributed by atoms with E-state index in [1.807, 2.05) is 0 Å². The van der Waals surface area contributed by atoms with E-state index in [4.69, 9.17) is 22.6 Å². The van der Waals surface area contributed by atoms with Crippen molar-refractivity contribution in [3.63, 3.8) is 0 Å². The largest absolute Gasteiger partial charge is 0.481 e. The second kappa shape index (κ2) is 44.7. The van der Waals surface area contributed by atoms with Crippen LogP contribution >= 0.6 is 21.6 Å². The van der Waals surface area contributed by atoms with Crippen LogP contribution in [0.2, 0.25) is 0 Å². The van der Waals surface area contributed by atoms with Gasteiger partial charge in [-0.1, -0.05) is 108 Å². The number of para-hydroxylation sites is 4. The molecule has 5 aromatic heterocycles. The van der Waals surface area contributed by atoms with Gasteiger partial charge in [0.15, 0.2) is 5.96 Å². The number of guanidine groups is 1. The molecule has 0 aliphatic carbocycles. The molecule has 0 saturated carbocycles. The van der Waals surface area contributed by atoms with Crippen molar-refractivity contribution in [2.75, 3.05) is 24.6 Å². The summed E-state index contributed by atoms with van der Waals surface area (Å²) in [4.78, 5) is 250. The Hall–Kier alpha value is -14.3. The van der Waals surface area contributed by atoms with Gasteiger partial charge in [-0.3, -0.25) is 82.1 Å². The van der Waals surface area contributed by atoms with Crippen LogP contribution in [0.25, 0.3) is 43.6 Å². The van der Waals surface area contributed by atoms with E-state index in [1.54, 1.807) is 129 Å². The molecule has 43 heteroatoms. The highest BCUT2D eigenvalue weighted by molar-refractivity contribution is 8.76. The van der Waals surface area contributed by atoms with Crippen LogP contribution in [0.5, 0.6) is 0 Å². The number of aromatic amines is 5. The van der Waals surface area contributed by atoms with Gasteiger partial charge in [-0.25, -0.2) is 4.98 Å². The number of H-pyrrole nitrogens is 5. The number of nitrogens with one attached hydrogen (secondary N) is 20. The van der Waals surface area contributed by atoms with Crippen molar-refractivity contribution in [2.45, 2.75) is 164 Å². The molecule has 41 nitrogen and oxygen atoms in total. The third kappa shape index (κ3) is 26.6. The zero-order valence-electron chi connectivity index (χ0n) is 69.1. The molecule has 0 bridgehead atoms. The number of hydrogen-bond acceptors (Lipinski definition) is 20. The van der Waals surface area contributed by atoms with Gasteiger partial charge in [0, 0.05) is 138 Å². The summed E-state index contributed by atoms with van der Waals surface area (Å²) in [5.74, 6) is -19.1. The number of rotatable bonds is 26. The Bertz CT molecular complexity index is 5490. The van der Waals surface area contributed by atoms with E-state index in [2.05, 4.69) is 104 Å². The van der Waals surface area contributed by atoms with Gasteiger partial charge >= 0.3 is 5.97 Å². The lowest BCUT2D eigenvalue weighted by Crippen LogP contribution is -2.61. The van der Waals surface area contributed by atoms with Crippen LogP contribution in [-0.4, -0.2) is 233 Å². The molecule has 126 heavy (non-hydrogen) atoms. The molecule has 1 aliphatic rings. The zero-order valence-corrected chi connectivity index (χ0v) is 70.7. The Labute approximate surface area is 728 Å². The molecule has 668 valence electrons. The number of amides is 15. The number of carbonyl (C=O) groups is 16. The summed E-state index contributed by atoms with van der Waals surface area (Å²) in [6.07, 6.45) is 5.12. The summed E-state index contributed by atoms with van der Waals surface area (Å²) in [6.45, 7) is 4.60. The van der Waals surface area contributed by atoms with E-state index in [0.29, 0.717) is 65.9 Å². The summed E-state index contributed by atoms with van der Waals surface area (Å²) in [6, 6.07) is 8.15. The van der Waals surface area contributed by atoms with Gasteiger partial charge in [0.25, 0.3) is 0 Å². The van der Waals surface area contributed by atoms with E-state index in [0.717, 1.165) is 21.6 Å². The quantitative estimate of drug-likeness (QED) is 0.0125. The second-order valence-electron chi connectivity index (χ2n) is 30.6. The number of carbonyl (C=O) groups excluding carboxylic acids is 15. The molecule has 9 aromatic rings. The van der Waals surface area contributed by atoms with E-state index in [1.165, 1.54) is 32.6 Å². The van der Waals surface area contributed by atoms with Gasteiger partial charge in [0.05, 0.1) is 25.0 Å². The maximum Gasteiger partial charge on any atom is 0.305 e. The predicted molar refractivity (Wildman–Crippen MR) is 467 cm³/mol. The first-order valence-corrected chi connectivity index (χ1v) is 42.9. The first-order valence-electron chi connectivity index (χ1n) is 40.4. The third-order valence-electron chi connectivity index (χ3n) is 20.8. The summed E-state index contributed by atoms with van der Waals surface area (Å²) in [5, 5.41) is 57.0. The van der Waals surface area contributed by atoms with Crippen molar-refractivity contribution < 1.29 is 81.8 Å². The van der Waals surface area contributed by atoms with Gasteiger partial charge in [0.1, 0.15) is 72.5 Å². The number of imidazole rings is 1. The van der Waals surface area contributed by atoms with Crippen molar-refractivity contribution in [3.05, 3.63) is 162 Å². The lowest BCUT2D eigenvalue weighted by atomic mass is 9.99. The Balaban J connectivity index is 1.04. The maximum atomic E-state index is 15.4. The van der Waals surface area contributed by atoms with Crippen molar-refractivity contribution >= 4 is 166 Å². The third-order valence-corrected chi connectivity index (χ3v) is 23.2. The average molecular weight is 1770 g/mol. The number of benzene rings is 4. The Morgan fingerprint density at radius 2 is 0.992 bits per heavy atom. The highest BCUT2D eigenvalue weighted by Crippen LogP contribution is 2.27. The van der Waals surface area contributed by atoms with E-state index >= 15 is 24.0 Å². The molecule has 0 radical (unpaired) electrons. The number of aromatic nitrogens is 6. The molecule has 12 atom stereocenters. The number of nitrogens with two attached hydrogens (primary N) is 3. The Morgan fingerprint density at radius 3 is 1.52 bits per heavy atom. The van der Waals surface area contributed by atoms with Crippen LogP contribution in [0.1, 0.15) is 87.7 Å². The summed E-state index contributed by atoms with van der Waals surface area (Å²) >= 11 is 0.